The minimum atomic E-state index is 0. The molecule has 0 N–H and O–H groups in total. The average molecular weight is 7160 g/mol. The van der Waals surface area contributed by atoms with Crippen molar-refractivity contribution in [2.45, 2.75) is 0 Å². The largest absolute Gasteiger partial charge is 3.00 e. The molecule has 0 bridgehead atoms. The molecule has 0 aromatic rings. The fraction of sp³-hybridized carbons (Fsp3) is 0. The Morgan fingerprint density at radius 2 is 0.0361 bits per heavy atom. The molecular weight excluding hydrogens is 7150 g/mol. The van der Waals surface area contributed by atoms with Gasteiger partial charge in [0.25, 0.3) is 0 Å². The SMILES string of the molecule is [CH3-].[CH3-].[CH3-].[Y+3].[Y].[Y].[Y].[Y].[Y].[Y].[Y].[Y].[Y].[Y].[Y].[Y].[Y].[Y].[Y].[Y].[Y].[Y].[Y].[Y].[Y].[Y].[Y].[Y].[Y].[Y].[Y].[Y].[Y].[Y].[Y].[Y].[Y].[Y].[Y].[Y].[Y].[Y].[Y].[Y].[Y].[Y].[Y].[Y].[Y].[Y].[Y].[Y].[Y].[Y].[Y].[Y].[Y].[Y].[Y].[Y].[Y].[Y].[Y].[Y].[Y].[Y].[Y].[Y].[Y].[Y].[Y].[Y].[Y].[Y].[Y].[Y].[Y].[Y].[Y].[Y].[Y].[Y].[Y]. The van der Waals surface area contributed by atoms with Crippen LogP contribution in [0.5, 0.6) is 0 Å². The van der Waals surface area contributed by atoms with Gasteiger partial charge in [0, 0.05) is 2580 Å². The van der Waals surface area contributed by atoms with Gasteiger partial charge in [-0.15, -0.1) is 0 Å². The van der Waals surface area contributed by atoms with Crippen LogP contribution in [0.1, 0.15) is 0 Å². The summed E-state index contributed by atoms with van der Waals surface area (Å²) in [6.07, 6.45) is 0. The second-order valence-corrected chi connectivity index (χ2v) is 0. The van der Waals surface area contributed by atoms with Crippen LogP contribution < -0.4 is 0 Å². The summed E-state index contributed by atoms with van der Waals surface area (Å²) in [5, 5.41) is 0. The zero-order valence-corrected chi connectivity index (χ0v) is 276. The molecule has 0 aliphatic carbocycles. The van der Waals surface area contributed by atoms with Crippen molar-refractivity contribution in [1.82, 2.24) is 0 Å². The zero-order chi connectivity index (χ0) is 0. The molecule has 0 aromatic heterocycles. The first kappa shape index (κ1) is 637. The molecule has 0 saturated carbocycles. The first-order valence-electron chi connectivity index (χ1n) is 0. The van der Waals surface area contributed by atoms with Crippen molar-refractivity contribution in [1.29, 1.82) is 0 Å². The molecular formula is C3H9Y80. The molecule has 261 valence electrons. The Labute approximate surface area is 2530 Å². The van der Waals surface area contributed by atoms with E-state index in [9.17, 15) is 0 Å². The fourth-order valence-corrected chi connectivity index (χ4v) is 0. The summed E-state index contributed by atoms with van der Waals surface area (Å²) in [7, 11) is 0. The van der Waals surface area contributed by atoms with E-state index in [1.165, 1.54) is 0 Å². The van der Waals surface area contributed by atoms with Crippen LogP contribution in [0.15, 0.2) is 0 Å². The molecule has 80 heteroatoms. The van der Waals surface area contributed by atoms with Crippen molar-refractivity contribution in [2.24, 2.45) is 0 Å². The van der Waals surface area contributed by atoms with Gasteiger partial charge in [-0.3, -0.25) is 0 Å². The fourth-order valence-electron chi connectivity index (χ4n) is 0. The average Bonchev–Trinajstić information content (AvgIpc) is 0. The van der Waals surface area contributed by atoms with Crippen LogP contribution in [0.4, 0.5) is 0 Å². The normalized spacial score (nSPS) is 0. The summed E-state index contributed by atoms with van der Waals surface area (Å²) in [5.41, 5.74) is 0. The van der Waals surface area contributed by atoms with E-state index in [0.29, 0.717) is 0 Å². The zero-order valence-electron chi connectivity index (χ0n) is 49.2. The van der Waals surface area contributed by atoms with Crippen molar-refractivity contribution in [3.05, 3.63) is 22.3 Å². The van der Waals surface area contributed by atoms with Gasteiger partial charge in [-0.1, -0.05) is 0 Å². The molecule has 0 heterocycles. The van der Waals surface area contributed by atoms with E-state index in [2.05, 4.69) is 0 Å². The maximum atomic E-state index is 0. The van der Waals surface area contributed by atoms with Gasteiger partial charge in [-0.05, 0) is 0 Å². The van der Waals surface area contributed by atoms with E-state index < -0.39 is 0 Å². The molecule has 0 fully saturated rings. The Morgan fingerprint density at radius 1 is 0.0361 bits per heavy atom. The molecule has 0 nitrogen and oxygen atoms in total. The number of rotatable bonds is 0. The molecule has 0 aliphatic rings. The van der Waals surface area contributed by atoms with Gasteiger partial charge in [0.15, 0.2) is 0 Å². The smallest absolute Gasteiger partial charge is 0.358 e. The van der Waals surface area contributed by atoms with Crippen LogP contribution in [-0.2, 0) is 2620 Å². The number of hydrogen-bond acceptors (Lipinski definition) is 0. The quantitative estimate of drug-likeness (QED) is 0.320. The molecule has 0 unspecified atom stereocenters. The monoisotopic (exact) mass is 7160 g/mol. The minimum Gasteiger partial charge on any atom is -0.358 e. The standard InChI is InChI=1S/3CH3.80Y/h3*1H3;;;;;;;;;;;;;;;;;;;;;;;;;;;;;;;;;;;;;;;;;;;;;;;;;;;;;;;;;;;;;;;;;;;;;;;;;;;;;;;;/q3*-1;;;;;;;;;;;;;;;;;;;;;;;;;;;;;;;;;;;;;;;;;;;;;;;;;;;;;;;;;;;;;;;;;;;;;;;;;;;;;;;;+3. The first-order valence-corrected chi connectivity index (χ1v) is 0. The van der Waals surface area contributed by atoms with Crippen LogP contribution in [0.3, 0.4) is 0 Å². The van der Waals surface area contributed by atoms with E-state index in [0.717, 1.165) is 0 Å². The Hall–Kier alpha value is 88.3. The van der Waals surface area contributed by atoms with Gasteiger partial charge < -0.3 is 22.3 Å². The van der Waals surface area contributed by atoms with Gasteiger partial charge in [0.2, 0.25) is 0 Å². The van der Waals surface area contributed by atoms with Crippen LogP contribution in [-0.4, -0.2) is 0 Å². The van der Waals surface area contributed by atoms with E-state index >= 15 is 0 Å². The molecule has 0 aromatic carbocycles. The van der Waals surface area contributed by atoms with Crippen molar-refractivity contribution in [2.75, 3.05) is 0 Å². The maximum absolute atomic E-state index is 0. The Kier molecular flexibility index (Phi) is 4810. The minimum absolute atomic E-state index is 0. The Balaban J connectivity index is 0. The third-order valence-electron chi connectivity index (χ3n) is 0. The molecule has 0 aliphatic heterocycles. The van der Waals surface area contributed by atoms with E-state index in [1.54, 1.807) is 0 Å². The second-order valence-electron chi connectivity index (χ2n) is 0. The van der Waals surface area contributed by atoms with Gasteiger partial charge in [0.05, 0.1) is 0 Å². The third-order valence-corrected chi connectivity index (χ3v) is 0. The Morgan fingerprint density at radius 3 is 0.0361 bits per heavy atom. The summed E-state index contributed by atoms with van der Waals surface area (Å²) >= 11 is 0. The van der Waals surface area contributed by atoms with E-state index in [1.807, 2.05) is 0 Å². The maximum Gasteiger partial charge on any atom is 3.00 e. The molecule has 79 radical (unpaired) electrons. The summed E-state index contributed by atoms with van der Waals surface area (Å²) < 4.78 is 0. The van der Waals surface area contributed by atoms with Gasteiger partial charge >= 0.3 is 32.7 Å². The summed E-state index contributed by atoms with van der Waals surface area (Å²) in [5.74, 6) is 0. The molecule has 83 heavy (non-hydrogen) atoms. The first-order chi connectivity index (χ1) is 0. The van der Waals surface area contributed by atoms with Gasteiger partial charge in [0.1, 0.15) is 0 Å². The van der Waals surface area contributed by atoms with Crippen molar-refractivity contribution >= 4 is 0 Å². The summed E-state index contributed by atoms with van der Waals surface area (Å²) in [6.45, 7) is 0. The Bertz CT molecular complexity index is 18.6. The predicted octanol–water partition coefficient (Wildman–Crippen LogP) is 1.15. The van der Waals surface area contributed by atoms with E-state index in [4.69, 9.17) is 0 Å². The topological polar surface area (TPSA) is 0 Å². The number of hydrogen-bond donors (Lipinski definition) is 0. The predicted molar refractivity (Wildman–Crippen MR) is 19.2 cm³/mol. The second kappa shape index (κ2) is 626. The van der Waals surface area contributed by atoms with Crippen LogP contribution in [0.25, 0.3) is 0 Å². The third kappa shape index (κ3) is 619. The van der Waals surface area contributed by atoms with Crippen molar-refractivity contribution in [3.8, 4) is 0 Å². The van der Waals surface area contributed by atoms with E-state index in [-0.39, 0.29) is 2640 Å². The van der Waals surface area contributed by atoms with Crippen molar-refractivity contribution < 1.29 is 2620 Å². The molecule has 0 amide bonds. The molecule has 0 rings (SSSR count). The summed E-state index contributed by atoms with van der Waals surface area (Å²) in [4.78, 5) is 0. The summed E-state index contributed by atoms with van der Waals surface area (Å²) in [6, 6.07) is 0. The van der Waals surface area contributed by atoms with Gasteiger partial charge in [-0.25, -0.2) is 0 Å². The van der Waals surface area contributed by atoms with Crippen LogP contribution in [0, 0.1) is 22.3 Å². The molecule has 0 spiro atoms. The van der Waals surface area contributed by atoms with Crippen LogP contribution in [0.2, 0.25) is 0 Å². The van der Waals surface area contributed by atoms with Gasteiger partial charge in [-0.2, -0.15) is 0 Å². The molecule has 0 atom stereocenters. The molecule has 0 saturated heterocycles. The van der Waals surface area contributed by atoms with Crippen molar-refractivity contribution in [3.63, 3.8) is 0 Å². The van der Waals surface area contributed by atoms with Crippen LogP contribution >= 0.6 is 0 Å².